The molecule has 2 fully saturated rings. The van der Waals surface area contributed by atoms with Gasteiger partial charge in [0.25, 0.3) is 0 Å². The maximum absolute atomic E-state index is 12.5. The van der Waals surface area contributed by atoms with Crippen LogP contribution in [0.1, 0.15) is 25.7 Å². The average molecular weight is 286 g/mol. The van der Waals surface area contributed by atoms with Gasteiger partial charge in [-0.05, 0) is 12.8 Å². The van der Waals surface area contributed by atoms with E-state index in [0.29, 0.717) is 19.7 Å². The molecular weight excluding hydrogens is 264 g/mol. The van der Waals surface area contributed by atoms with Crippen LogP contribution in [0.15, 0.2) is 0 Å². The molecule has 2 rings (SSSR count). The van der Waals surface area contributed by atoms with Crippen LogP contribution >= 0.6 is 0 Å². The van der Waals surface area contributed by atoms with Crippen molar-refractivity contribution in [2.75, 3.05) is 32.8 Å². The van der Waals surface area contributed by atoms with Crippen molar-refractivity contribution in [1.82, 2.24) is 9.80 Å². The maximum atomic E-state index is 12.5. The van der Waals surface area contributed by atoms with Crippen molar-refractivity contribution < 1.29 is 24.5 Å². The van der Waals surface area contributed by atoms with Crippen molar-refractivity contribution in [3.05, 3.63) is 0 Å². The van der Waals surface area contributed by atoms with Crippen LogP contribution in [0.4, 0.5) is 4.79 Å². The quantitative estimate of drug-likeness (QED) is 0.766. The normalized spacial score (nSPS) is 23.9. The van der Waals surface area contributed by atoms with Crippen molar-refractivity contribution in [2.24, 2.45) is 0 Å². The van der Waals surface area contributed by atoms with Crippen LogP contribution in [0.2, 0.25) is 0 Å². The molecule has 2 aliphatic rings. The van der Waals surface area contributed by atoms with Crippen molar-refractivity contribution in [1.29, 1.82) is 0 Å². The Morgan fingerprint density at radius 2 is 2.00 bits per heavy atom. The fourth-order valence-electron chi connectivity index (χ4n) is 2.90. The molecule has 0 radical (unpaired) electrons. The molecule has 1 saturated carbocycles. The molecule has 20 heavy (non-hydrogen) atoms. The molecule has 2 N–H and O–H groups in total. The summed E-state index contributed by atoms with van der Waals surface area (Å²) >= 11 is 0. The van der Waals surface area contributed by atoms with E-state index in [1.54, 1.807) is 4.90 Å². The third-order valence-corrected chi connectivity index (χ3v) is 3.93. The SMILES string of the molecule is O=C(O)CN(C(=O)N1CCOC(CO)C1)C1CCCC1. The molecule has 1 heterocycles. The van der Waals surface area contributed by atoms with E-state index in [-0.39, 0.29) is 31.3 Å². The summed E-state index contributed by atoms with van der Waals surface area (Å²) in [4.78, 5) is 26.6. The van der Waals surface area contributed by atoms with Gasteiger partial charge in [-0.1, -0.05) is 12.8 Å². The summed E-state index contributed by atoms with van der Waals surface area (Å²) in [5, 5.41) is 18.1. The molecular formula is C13H22N2O5. The van der Waals surface area contributed by atoms with Crippen LogP contribution in [0, 0.1) is 0 Å². The fourth-order valence-corrected chi connectivity index (χ4v) is 2.90. The van der Waals surface area contributed by atoms with Crippen molar-refractivity contribution in [3.63, 3.8) is 0 Å². The number of hydrogen-bond acceptors (Lipinski definition) is 4. The molecule has 1 aliphatic heterocycles. The summed E-state index contributed by atoms with van der Waals surface area (Å²) in [5.74, 6) is -0.989. The number of aliphatic carboxylic acids is 1. The van der Waals surface area contributed by atoms with E-state index in [2.05, 4.69) is 0 Å². The van der Waals surface area contributed by atoms with Gasteiger partial charge in [-0.2, -0.15) is 0 Å². The number of carbonyl (C=O) groups excluding carboxylic acids is 1. The predicted molar refractivity (Wildman–Crippen MR) is 70.4 cm³/mol. The number of carboxylic acids is 1. The highest BCUT2D eigenvalue weighted by atomic mass is 16.5. The summed E-state index contributed by atoms with van der Waals surface area (Å²) in [7, 11) is 0. The molecule has 7 nitrogen and oxygen atoms in total. The fraction of sp³-hybridized carbons (Fsp3) is 0.846. The number of nitrogens with zero attached hydrogens (tertiary/aromatic N) is 2. The first-order valence-electron chi connectivity index (χ1n) is 7.11. The number of carbonyl (C=O) groups is 2. The molecule has 1 unspecified atom stereocenters. The van der Waals surface area contributed by atoms with Crippen molar-refractivity contribution >= 4 is 12.0 Å². The third kappa shape index (κ3) is 3.61. The highest BCUT2D eigenvalue weighted by Gasteiger charge is 2.33. The van der Waals surface area contributed by atoms with E-state index in [1.165, 1.54) is 4.90 Å². The minimum atomic E-state index is -0.989. The molecule has 1 saturated heterocycles. The molecule has 0 aromatic rings. The highest BCUT2D eigenvalue weighted by molar-refractivity contribution is 5.80. The lowest BCUT2D eigenvalue weighted by Gasteiger charge is -2.37. The zero-order chi connectivity index (χ0) is 14.5. The zero-order valence-electron chi connectivity index (χ0n) is 11.5. The Balaban J connectivity index is 2.02. The van der Waals surface area contributed by atoms with Gasteiger partial charge >= 0.3 is 12.0 Å². The van der Waals surface area contributed by atoms with E-state index >= 15 is 0 Å². The number of rotatable bonds is 4. The number of aliphatic hydroxyl groups excluding tert-OH is 1. The van der Waals surface area contributed by atoms with Gasteiger partial charge in [-0.3, -0.25) is 4.79 Å². The zero-order valence-corrected chi connectivity index (χ0v) is 11.5. The van der Waals surface area contributed by atoms with Crippen LogP contribution in [0.5, 0.6) is 0 Å². The largest absolute Gasteiger partial charge is 0.480 e. The second-order valence-electron chi connectivity index (χ2n) is 5.36. The first kappa shape index (κ1) is 15.1. The summed E-state index contributed by atoms with van der Waals surface area (Å²) in [6.07, 6.45) is 3.44. The molecule has 0 aromatic heterocycles. The molecule has 1 atom stereocenters. The molecule has 0 spiro atoms. The second-order valence-corrected chi connectivity index (χ2v) is 5.36. The lowest BCUT2D eigenvalue weighted by atomic mass is 10.2. The molecule has 0 bridgehead atoms. The van der Waals surface area contributed by atoms with Gasteiger partial charge in [0.1, 0.15) is 6.54 Å². The minimum Gasteiger partial charge on any atom is -0.480 e. The Morgan fingerprint density at radius 1 is 1.30 bits per heavy atom. The Bertz CT molecular complexity index is 357. The molecule has 114 valence electrons. The monoisotopic (exact) mass is 286 g/mol. The Hall–Kier alpha value is -1.34. The van der Waals surface area contributed by atoms with Gasteiger partial charge in [-0.25, -0.2) is 4.79 Å². The summed E-state index contributed by atoms with van der Waals surface area (Å²) in [6, 6.07) is -0.227. The second kappa shape index (κ2) is 6.90. The number of hydrogen-bond donors (Lipinski definition) is 2. The predicted octanol–water partition coefficient (Wildman–Crippen LogP) is 0.129. The molecule has 2 amide bonds. The van der Waals surface area contributed by atoms with Gasteiger partial charge in [0.15, 0.2) is 0 Å². The van der Waals surface area contributed by atoms with E-state index in [9.17, 15) is 9.59 Å². The minimum absolute atomic E-state index is 0.0222. The molecule has 0 aromatic carbocycles. The highest BCUT2D eigenvalue weighted by Crippen LogP contribution is 2.24. The number of aliphatic hydroxyl groups is 1. The molecule has 7 heteroatoms. The van der Waals surface area contributed by atoms with Crippen LogP contribution in [0.3, 0.4) is 0 Å². The average Bonchev–Trinajstić information content (AvgIpc) is 2.98. The van der Waals surface area contributed by atoms with Gasteiger partial charge in [-0.15, -0.1) is 0 Å². The number of carboxylic acid groups (broad SMARTS) is 1. The standard InChI is InChI=1S/C13H22N2O5/c16-9-11-7-14(5-6-20-11)13(19)15(8-12(17)18)10-3-1-2-4-10/h10-11,16H,1-9H2,(H,17,18). The third-order valence-electron chi connectivity index (χ3n) is 3.93. The Labute approximate surface area is 118 Å². The van der Waals surface area contributed by atoms with E-state index < -0.39 is 5.97 Å². The van der Waals surface area contributed by atoms with E-state index in [0.717, 1.165) is 25.7 Å². The molecule has 1 aliphatic carbocycles. The van der Waals surface area contributed by atoms with E-state index in [4.69, 9.17) is 14.9 Å². The first-order valence-corrected chi connectivity index (χ1v) is 7.11. The number of ether oxygens (including phenoxy) is 1. The van der Waals surface area contributed by atoms with Crippen molar-refractivity contribution in [3.8, 4) is 0 Å². The first-order chi connectivity index (χ1) is 9.61. The summed E-state index contributed by atoms with van der Waals surface area (Å²) in [6.45, 7) is 0.746. The van der Waals surface area contributed by atoms with E-state index in [1.807, 2.05) is 0 Å². The lowest BCUT2D eigenvalue weighted by Crippen LogP contribution is -2.54. The Kier molecular flexibility index (Phi) is 5.19. The van der Waals surface area contributed by atoms with Crippen LogP contribution in [-0.2, 0) is 9.53 Å². The number of morpholine rings is 1. The number of amides is 2. The Morgan fingerprint density at radius 3 is 2.60 bits per heavy atom. The van der Waals surface area contributed by atoms with Gasteiger partial charge in [0.2, 0.25) is 0 Å². The smallest absolute Gasteiger partial charge is 0.323 e. The lowest BCUT2D eigenvalue weighted by molar-refractivity contribution is -0.138. The summed E-state index contributed by atoms with van der Waals surface area (Å²) in [5.41, 5.74) is 0. The van der Waals surface area contributed by atoms with Gasteiger partial charge in [0, 0.05) is 12.6 Å². The topological polar surface area (TPSA) is 90.3 Å². The van der Waals surface area contributed by atoms with Crippen LogP contribution in [0.25, 0.3) is 0 Å². The van der Waals surface area contributed by atoms with Crippen LogP contribution in [-0.4, -0.2) is 77.0 Å². The van der Waals surface area contributed by atoms with Crippen LogP contribution < -0.4 is 0 Å². The van der Waals surface area contributed by atoms with Gasteiger partial charge < -0.3 is 24.7 Å². The maximum Gasteiger partial charge on any atom is 0.323 e. The summed E-state index contributed by atoms with van der Waals surface area (Å²) < 4.78 is 5.32. The van der Waals surface area contributed by atoms with Gasteiger partial charge in [0.05, 0.1) is 25.9 Å². The van der Waals surface area contributed by atoms with Crippen molar-refractivity contribution in [2.45, 2.75) is 37.8 Å². The number of urea groups is 1.